The molecule has 4 nitrogen and oxygen atoms in total. The zero-order chi connectivity index (χ0) is 14.5. The lowest BCUT2D eigenvalue weighted by atomic mass is 10.2. The minimum atomic E-state index is -0.0369. The van der Waals surface area contributed by atoms with Crippen LogP contribution in [0.3, 0.4) is 0 Å². The van der Waals surface area contributed by atoms with Crippen molar-refractivity contribution >= 4 is 5.91 Å². The quantitative estimate of drug-likeness (QED) is 0.839. The molecule has 0 unspecified atom stereocenters. The largest absolute Gasteiger partial charge is 0.494 e. The van der Waals surface area contributed by atoms with Crippen LogP contribution in [0.15, 0.2) is 41.0 Å². The molecule has 4 heteroatoms. The minimum Gasteiger partial charge on any atom is -0.494 e. The fourth-order valence-corrected chi connectivity index (χ4v) is 2.02. The van der Waals surface area contributed by atoms with Crippen LogP contribution in [0.1, 0.15) is 28.6 Å². The molecule has 0 N–H and O–H groups in total. The van der Waals surface area contributed by atoms with Crippen LogP contribution in [-0.2, 0) is 6.54 Å². The van der Waals surface area contributed by atoms with Crippen LogP contribution in [0.4, 0.5) is 0 Å². The molecule has 0 radical (unpaired) electrons. The van der Waals surface area contributed by atoms with E-state index >= 15 is 0 Å². The molecule has 0 fully saturated rings. The average Bonchev–Trinajstić information content (AvgIpc) is 2.86. The Hall–Kier alpha value is -2.23. The van der Waals surface area contributed by atoms with Crippen LogP contribution in [0.2, 0.25) is 0 Å². The van der Waals surface area contributed by atoms with E-state index in [4.69, 9.17) is 9.15 Å². The van der Waals surface area contributed by atoms with Gasteiger partial charge in [-0.3, -0.25) is 4.79 Å². The van der Waals surface area contributed by atoms with Crippen LogP contribution in [-0.4, -0.2) is 24.5 Å². The van der Waals surface area contributed by atoms with E-state index in [-0.39, 0.29) is 5.91 Å². The van der Waals surface area contributed by atoms with Crippen molar-refractivity contribution in [3.63, 3.8) is 0 Å². The molecular weight excluding hydrogens is 254 g/mol. The highest BCUT2D eigenvalue weighted by Gasteiger charge is 2.16. The zero-order valence-electron chi connectivity index (χ0n) is 12.1. The van der Waals surface area contributed by atoms with Crippen molar-refractivity contribution in [1.29, 1.82) is 0 Å². The molecule has 20 heavy (non-hydrogen) atoms. The average molecular weight is 273 g/mol. The predicted octanol–water partition coefficient (Wildman–Crippen LogP) is 3.26. The number of nitrogens with zero attached hydrogens (tertiary/aromatic N) is 1. The molecule has 1 amide bonds. The van der Waals surface area contributed by atoms with E-state index in [1.54, 1.807) is 24.9 Å². The van der Waals surface area contributed by atoms with Crippen molar-refractivity contribution in [2.75, 3.05) is 13.7 Å². The van der Waals surface area contributed by atoms with E-state index in [9.17, 15) is 4.79 Å². The van der Waals surface area contributed by atoms with E-state index in [2.05, 4.69) is 0 Å². The molecule has 0 aliphatic heterocycles. The number of carbonyl (C=O) groups is 1. The molecule has 2 rings (SSSR count). The number of benzene rings is 1. The molecule has 1 aromatic carbocycles. The normalized spacial score (nSPS) is 10.3. The van der Waals surface area contributed by atoms with Gasteiger partial charge in [0.25, 0.3) is 5.91 Å². The fourth-order valence-electron chi connectivity index (χ4n) is 2.02. The third-order valence-corrected chi connectivity index (χ3v) is 3.09. The van der Waals surface area contributed by atoms with Gasteiger partial charge in [0, 0.05) is 13.6 Å². The molecule has 1 heterocycles. The summed E-state index contributed by atoms with van der Waals surface area (Å²) in [6.07, 6.45) is 1.54. The highest BCUT2D eigenvalue weighted by molar-refractivity contribution is 5.94. The van der Waals surface area contributed by atoms with Gasteiger partial charge in [0.2, 0.25) is 0 Å². The number of rotatable bonds is 5. The number of carbonyl (C=O) groups excluding carboxylic acids is 1. The number of ether oxygens (including phenoxy) is 1. The summed E-state index contributed by atoms with van der Waals surface area (Å²) >= 11 is 0. The second-order valence-corrected chi connectivity index (χ2v) is 4.63. The highest BCUT2D eigenvalue weighted by atomic mass is 16.5. The number of aryl methyl sites for hydroxylation is 1. The molecule has 0 aliphatic rings. The van der Waals surface area contributed by atoms with Crippen LogP contribution >= 0.6 is 0 Å². The lowest BCUT2D eigenvalue weighted by Crippen LogP contribution is -2.26. The second kappa shape index (κ2) is 6.28. The van der Waals surface area contributed by atoms with Crippen LogP contribution in [0.25, 0.3) is 0 Å². The topological polar surface area (TPSA) is 42.7 Å². The van der Waals surface area contributed by atoms with Gasteiger partial charge < -0.3 is 14.1 Å². The van der Waals surface area contributed by atoms with Gasteiger partial charge in [-0.1, -0.05) is 12.1 Å². The first-order chi connectivity index (χ1) is 9.61. The van der Waals surface area contributed by atoms with Gasteiger partial charge in [-0.25, -0.2) is 0 Å². The van der Waals surface area contributed by atoms with Gasteiger partial charge in [-0.15, -0.1) is 0 Å². The van der Waals surface area contributed by atoms with Gasteiger partial charge >= 0.3 is 0 Å². The maximum Gasteiger partial charge on any atom is 0.257 e. The molecule has 2 aromatic rings. The zero-order valence-corrected chi connectivity index (χ0v) is 12.1. The second-order valence-electron chi connectivity index (χ2n) is 4.63. The monoisotopic (exact) mass is 273 g/mol. The van der Waals surface area contributed by atoms with Gasteiger partial charge in [0.1, 0.15) is 11.5 Å². The maximum atomic E-state index is 12.2. The smallest absolute Gasteiger partial charge is 0.257 e. The molecule has 1 aromatic heterocycles. The molecule has 0 aliphatic carbocycles. The first-order valence-electron chi connectivity index (χ1n) is 6.63. The molecule has 0 saturated heterocycles. The van der Waals surface area contributed by atoms with Gasteiger partial charge in [0.15, 0.2) is 0 Å². The van der Waals surface area contributed by atoms with Gasteiger partial charge in [0.05, 0.1) is 18.4 Å². The SMILES string of the molecule is CCOc1ccc(CN(C)C(=O)c2ccoc2C)cc1. The summed E-state index contributed by atoms with van der Waals surface area (Å²) in [5.41, 5.74) is 1.67. The Bertz CT molecular complexity index is 572. The van der Waals surface area contributed by atoms with Gasteiger partial charge in [-0.2, -0.15) is 0 Å². The van der Waals surface area contributed by atoms with E-state index in [0.29, 0.717) is 24.5 Å². The van der Waals surface area contributed by atoms with Crippen LogP contribution in [0, 0.1) is 6.92 Å². The number of hydrogen-bond acceptors (Lipinski definition) is 3. The Morgan fingerprint density at radius 1 is 1.25 bits per heavy atom. The number of hydrogen-bond donors (Lipinski definition) is 0. The number of furan rings is 1. The molecular formula is C16H19NO3. The van der Waals surface area contributed by atoms with Crippen molar-refractivity contribution in [3.05, 3.63) is 53.5 Å². The molecule has 0 atom stereocenters. The van der Waals surface area contributed by atoms with Crippen molar-refractivity contribution in [2.24, 2.45) is 0 Å². The molecule has 0 bridgehead atoms. The first-order valence-corrected chi connectivity index (χ1v) is 6.63. The van der Waals surface area contributed by atoms with E-state index in [1.165, 1.54) is 6.26 Å². The summed E-state index contributed by atoms with van der Waals surface area (Å²) in [4.78, 5) is 13.9. The lowest BCUT2D eigenvalue weighted by Gasteiger charge is -2.17. The Labute approximate surface area is 119 Å². The third kappa shape index (κ3) is 3.20. The van der Waals surface area contributed by atoms with Crippen molar-refractivity contribution < 1.29 is 13.9 Å². The van der Waals surface area contributed by atoms with Gasteiger partial charge in [-0.05, 0) is 37.6 Å². The Morgan fingerprint density at radius 2 is 1.95 bits per heavy atom. The van der Waals surface area contributed by atoms with Crippen molar-refractivity contribution in [2.45, 2.75) is 20.4 Å². The molecule has 0 spiro atoms. The summed E-state index contributed by atoms with van der Waals surface area (Å²) in [7, 11) is 1.78. The Morgan fingerprint density at radius 3 is 2.50 bits per heavy atom. The standard InChI is InChI=1S/C16H19NO3/c1-4-19-14-7-5-13(6-8-14)11-17(3)16(18)15-9-10-20-12(15)2/h5-10H,4,11H2,1-3H3. The summed E-state index contributed by atoms with van der Waals surface area (Å²) in [5.74, 6) is 1.45. The van der Waals surface area contributed by atoms with Crippen LogP contribution in [0.5, 0.6) is 5.75 Å². The van der Waals surface area contributed by atoms with E-state index < -0.39 is 0 Å². The molecule has 0 saturated carbocycles. The summed E-state index contributed by atoms with van der Waals surface area (Å²) in [6, 6.07) is 9.47. The maximum absolute atomic E-state index is 12.2. The minimum absolute atomic E-state index is 0.0369. The number of amides is 1. The predicted molar refractivity (Wildman–Crippen MR) is 76.9 cm³/mol. The van der Waals surface area contributed by atoms with Crippen LogP contribution < -0.4 is 4.74 Å². The van der Waals surface area contributed by atoms with Crippen molar-refractivity contribution in [1.82, 2.24) is 4.90 Å². The van der Waals surface area contributed by atoms with E-state index in [0.717, 1.165) is 11.3 Å². The summed E-state index contributed by atoms with van der Waals surface area (Å²) < 4.78 is 10.6. The fraction of sp³-hybridized carbons (Fsp3) is 0.312. The molecule has 106 valence electrons. The Balaban J connectivity index is 2.02. The highest BCUT2D eigenvalue weighted by Crippen LogP contribution is 2.16. The first kappa shape index (κ1) is 14.2. The summed E-state index contributed by atoms with van der Waals surface area (Å²) in [6.45, 7) is 4.94. The van der Waals surface area contributed by atoms with E-state index in [1.807, 2.05) is 31.2 Å². The third-order valence-electron chi connectivity index (χ3n) is 3.09. The van der Waals surface area contributed by atoms with Crippen molar-refractivity contribution in [3.8, 4) is 5.75 Å². The lowest BCUT2D eigenvalue weighted by molar-refractivity contribution is 0.0783. The summed E-state index contributed by atoms with van der Waals surface area (Å²) in [5, 5.41) is 0. The Kier molecular flexibility index (Phi) is 4.45.